The maximum Gasteiger partial charge on any atom is 0.259 e. The molecule has 0 saturated carbocycles. The molecule has 0 atom stereocenters. The molecule has 1 aliphatic heterocycles. The van der Waals surface area contributed by atoms with Crippen LogP contribution in [0.25, 0.3) is 0 Å². The van der Waals surface area contributed by atoms with E-state index < -0.39 is 0 Å². The first-order valence-electron chi connectivity index (χ1n) is 10.5. The lowest BCUT2D eigenvalue weighted by atomic mass is 10.1. The van der Waals surface area contributed by atoms with Crippen LogP contribution in [-0.2, 0) is 13.1 Å². The van der Waals surface area contributed by atoms with Crippen LogP contribution in [0.5, 0.6) is 0 Å². The molecule has 2 aromatic carbocycles. The molecular weight excluding hydrogens is 379 g/mol. The Bertz CT molecular complexity index is 1060. The number of benzene rings is 2. The van der Waals surface area contributed by atoms with Gasteiger partial charge < -0.3 is 0 Å². The van der Waals surface area contributed by atoms with E-state index in [-0.39, 0.29) is 11.4 Å². The van der Waals surface area contributed by atoms with Gasteiger partial charge in [-0.15, -0.1) is 0 Å². The Morgan fingerprint density at radius 3 is 2.47 bits per heavy atom. The second-order valence-corrected chi connectivity index (χ2v) is 7.81. The van der Waals surface area contributed by atoms with Gasteiger partial charge in [-0.2, -0.15) is 0 Å². The average Bonchev–Trinajstić information content (AvgIpc) is 2.76. The molecule has 30 heavy (non-hydrogen) atoms. The quantitative estimate of drug-likeness (QED) is 0.607. The third-order valence-electron chi connectivity index (χ3n) is 5.56. The summed E-state index contributed by atoms with van der Waals surface area (Å²) < 4.78 is 15.2. The van der Waals surface area contributed by atoms with Crippen LogP contribution in [0.2, 0.25) is 0 Å². The van der Waals surface area contributed by atoms with Crippen LogP contribution >= 0.6 is 0 Å². The van der Waals surface area contributed by atoms with E-state index in [1.54, 1.807) is 16.7 Å². The van der Waals surface area contributed by atoms with Gasteiger partial charge in [0.05, 0.1) is 19.0 Å². The Labute approximate surface area is 176 Å². The van der Waals surface area contributed by atoms with Crippen molar-refractivity contribution >= 4 is 11.6 Å². The fourth-order valence-corrected chi connectivity index (χ4v) is 3.87. The number of halogens is 1. The predicted molar refractivity (Wildman–Crippen MR) is 118 cm³/mol. The highest BCUT2D eigenvalue weighted by Crippen LogP contribution is 2.28. The molecule has 0 bridgehead atoms. The highest BCUT2D eigenvalue weighted by Gasteiger charge is 2.27. The van der Waals surface area contributed by atoms with Gasteiger partial charge in [0.25, 0.3) is 5.56 Å². The summed E-state index contributed by atoms with van der Waals surface area (Å²) in [6.45, 7) is 6.08. The monoisotopic (exact) mass is 406 g/mol. The summed E-state index contributed by atoms with van der Waals surface area (Å²) in [5, 5.41) is 0. The summed E-state index contributed by atoms with van der Waals surface area (Å²) in [5.74, 6) is 0.340. The molecule has 0 N–H and O–H groups in total. The molecule has 0 aliphatic carbocycles. The van der Waals surface area contributed by atoms with E-state index in [0.717, 1.165) is 41.9 Å². The molecule has 156 valence electrons. The molecule has 5 nitrogen and oxygen atoms in total. The van der Waals surface area contributed by atoms with Gasteiger partial charge in [0.15, 0.2) is 0 Å². The van der Waals surface area contributed by atoms with Crippen molar-refractivity contribution in [1.82, 2.24) is 14.5 Å². The van der Waals surface area contributed by atoms with E-state index in [0.29, 0.717) is 25.7 Å². The van der Waals surface area contributed by atoms with Crippen molar-refractivity contribution < 1.29 is 4.39 Å². The normalized spacial score (nSPS) is 14.0. The van der Waals surface area contributed by atoms with Crippen molar-refractivity contribution in [3.63, 3.8) is 0 Å². The minimum absolute atomic E-state index is 0.00494. The topological polar surface area (TPSA) is 41.4 Å². The van der Waals surface area contributed by atoms with Crippen molar-refractivity contribution in [2.24, 2.45) is 0 Å². The fraction of sp³-hybridized carbons (Fsp3) is 0.333. The van der Waals surface area contributed by atoms with Gasteiger partial charge in [0, 0.05) is 24.2 Å². The van der Waals surface area contributed by atoms with E-state index in [4.69, 9.17) is 4.98 Å². The zero-order chi connectivity index (χ0) is 21.1. The number of nitrogens with zero attached hydrogens (tertiary/aromatic N) is 4. The van der Waals surface area contributed by atoms with Gasteiger partial charge in [0.1, 0.15) is 5.82 Å². The van der Waals surface area contributed by atoms with Crippen molar-refractivity contribution in [2.45, 2.75) is 39.8 Å². The molecular formula is C24H27FN4O. The first-order chi connectivity index (χ1) is 14.6. The molecule has 4 rings (SSSR count). The molecule has 0 saturated heterocycles. The SMILES string of the molecule is CCCCN1CN(c2ccc(F)cc2)c2nc(C)c(Cc3ccccc3)c(=O)n2C1. The molecule has 2 heterocycles. The zero-order valence-corrected chi connectivity index (χ0v) is 17.5. The minimum Gasteiger partial charge on any atom is -0.298 e. The minimum atomic E-state index is -0.279. The standard InChI is InChI=1S/C24H27FN4O/c1-3-4-14-27-16-28(21-12-10-20(25)11-13-21)24-26-18(2)22(23(30)29(24)17-27)15-19-8-6-5-7-9-19/h5-13H,3-4,14-17H2,1-2H3. The third kappa shape index (κ3) is 4.14. The molecule has 0 amide bonds. The number of hydrogen-bond donors (Lipinski definition) is 0. The Kier molecular flexibility index (Phi) is 5.95. The van der Waals surface area contributed by atoms with Crippen molar-refractivity contribution in [2.75, 3.05) is 18.1 Å². The summed E-state index contributed by atoms with van der Waals surface area (Å²) in [6.07, 6.45) is 2.70. The van der Waals surface area contributed by atoms with Gasteiger partial charge >= 0.3 is 0 Å². The number of hydrogen-bond acceptors (Lipinski definition) is 4. The van der Waals surface area contributed by atoms with Crippen LogP contribution in [0.1, 0.15) is 36.6 Å². The van der Waals surface area contributed by atoms with Gasteiger partial charge in [-0.3, -0.25) is 19.2 Å². The molecule has 0 fully saturated rings. The van der Waals surface area contributed by atoms with Gasteiger partial charge in [0.2, 0.25) is 5.95 Å². The first kappa shape index (κ1) is 20.3. The largest absolute Gasteiger partial charge is 0.298 e. The second-order valence-electron chi connectivity index (χ2n) is 7.81. The van der Waals surface area contributed by atoms with Crippen LogP contribution in [0, 0.1) is 12.7 Å². The summed E-state index contributed by atoms with van der Waals surface area (Å²) in [6, 6.07) is 16.4. The first-order valence-corrected chi connectivity index (χ1v) is 10.5. The van der Waals surface area contributed by atoms with Crippen LogP contribution in [0.3, 0.4) is 0 Å². The van der Waals surface area contributed by atoms with E-state index >= 15 is 0 Å². The molecule has 1 aromatic heterocycles. The summed E-state index contributed by atoms with van der Waals surface area (Å²) >= 11 is 0. The molecule has 0 radical (unpaired) electrons. The smallest absolute Gasteiger partial charge is 0.259 e. The van der Waals surface area contributed by atoms with E-state index in [2.05, 4.69) is 11.8 Å². The van der Waals surface area contributed by atoms with Crippen LogP contribution < -0.4 is 10.5 Å². The van der Waals surface area contributed by atoms with Gasteiger partial charge in [-0.25, -0.2) is 9.37 Å². The Morgan fingerprint density at radius 2 is 1.77 bits per heavy atom. The number of anilines is 2. The van der Waals surface area contributed by atoms with Crippen LogP contribution in [0.4, 0.5) is 16.0 Å². The Hall–Kier alpha value is -2.99. The maximum atomic E-state index is 13.5. The third-order valence-corrected chi connectivity index (χ3v) is 5.56. The number of aromatic nitrogens is 2. The Balaban J connectivity index is 1.77. The lowest BCUT2D eigenvalue weighted by Gasteiger charge is -2.38. The highest BCUT2D eigenvalue weighted by atomic mass is 19.1. The van der Waals surface area contributed by atoms with E-state index in [9.17, 15) is 9.18 Å². The summed E-state index contributed by atoms with van der Waals surface area (Å²) in [4.78, 5) is 22.6. The predicted octanol–water partition coefficient (Wildman–Crippen LogP) is 4.45. The van der Waals surface area contributed by atoms with Crippen LogP contribution in [-0.4, -0.2) is 27.7 Å². The number of fused-ring (bicyclic) bond motifs is 1. The second kappa shape index (κ2) is 8.79. The van der Waals surface area contributed by atoms with E-state index in [1.807, 2.05) is 42.2 Å². The van der Waals surface area contributed by atoms with Gasteiger partial charge in [-0.1, -0.05) is 43.7 Å². The molecule has 0 unspecified atom stereocenters. The van der Waals surface area contributed by atoms with Gasteiger partial charge in [-0.05, 0) is 43.2 Å². The van der Waals surface area contributed by atoms with E-state index in [1.165, 1.54) is 12.1 Å². The van der Waals surface area contributed by atoms with Crippen LogP contribution in [0.15, 0.2) is 59.4 Å². The molecule has 6 heteroatoms. The lowest BCUT2D eigenvalue weighted by Crippen LogP contribution is -2.48. The maximum absolute atomic E-state index is 13.5. The Morgan fingerprint density at radius 1 is 1.03 bits per heavy atom. The number of aryl methyl sites for hydroxylation is 1. The molecule has 1 aliphatic rings. The fourth-order valence-electron chi connectivity index (χ4n) is 3.87. The average molecular weight is 407 g/mol. The van der Waals surface area contributed by atoms with Crippen molar-refractivity contribution in [3.8, 4) is 0 Å². The molecule has 0 spiro atoms. The number of unbranched alkanes of at least 4 members (excludes halogenated alkanes) is 1. The van der Waals surface area contributed by atoms with Crippen molar-refractivity contribution in [3.05, 3.63) is 87.6 Å². The molecule has 3 aromatic rings. The number of rotatable bonds is 6. The van der Waals surface area contributed by atoms with Crippen molar-refractivity contribution in [1.29, 1.82) is 0 Å². The zero-order valence-electron chi connectivity index (χ0n) is 17.5. The summed E-state index contributed by atoms with van der Waals surface area (Å²) in [7, 11) is 0. The summed E-state index contributed by atoms with van der Waals surface area (Å²) in [5.41, 5.74) is 3.38. The highest BCUT2D eigenvalue weighted by molar-refractivity contribution is 5.58. The lowest BCUT2D eigenvalue weighted by molar-refractivity contribution is 0.195.